The van der Waals surface area contributed by atoms with E-state index in [0.717, 1.165) is 25.7 Å². The third kappa shape index (κ3) is 7.51. The first kappa shape index (κ1) is 16.2. The number of carbonyl (C=O) groups is 2. The zero-order chi connectivity index (χ0) is 13.8. The monoisotopic (exact) mass is 257 g/mol. The molecule has 0 bridgehead atoms. The van der Waals surface area contributed by atoms with E-state index >= 15 is 0 Å². The fraction of sp³-hybridized carbons (Fsp3) is 0.818. The van der Waals surface area contributed by atoms with Crippen molar-refractivity contribution in [1.82, 2.24) is 0 Å². The number of rotatable bonds is 9. The number of esters is 2. The first-order valence-electron chi connectivity index (χ1n) is 5.84. The summed E-state index contributed by atoms with van der Waals surface area (Å²) in [6.45, 7) is 0. The lowest BCUT2D eigenvalue weighted by molar-refractivity contribution is -0.142. The second-order valence-electron chi connectivity index (χ2n) is 3.77. The van der Waals surface area contributed by atoms with E-state index in [-0.39, 0.29) is 5.97 Å². The van der Waals surface area contributed by atoms with Crippen LogP contribution >= 0.6 is 0 Å². The van der Waals surface area contributed by atoms with Crippen LogP contribution in [0.5, 0.6) is 0 Å². The van der Waals surface area contributed by atoms with Gasteiger partial charge >= 0.3 is 11.9 Å². The summed E-state index contributed by atoms with van der Waals surface area (Å²) in [6, 6.07) is -0.749. The molecule has 102 valence electrons. The number of methoxy groups -OCH3 is 2. The van der Waals surface area contributed by atoms with E-state index in [0.29, 0.717) is 12.8 Å². The molecule has 0 aromatic rings. The molecular weight excluding hydrogens is 238 g/mol. The summed E-state index contributed by atoms with van der Waals surface area (Å²) in [4.78, 5) is 24.6. The molecule has 0 aliphatic carbocycles. The van der Waals surface area contributed by atoms with Crippen molar-refractivity contribution in [3.8, 4) is 0 Å². The average molecular weight is 257 g/mol. The van der Waals surface area contributed by atoms with Gasteiger partial charge < -0.3 is 9.47 Å². The molecule has 0 N–H and O–H groups in total. The van der Waals surface area contributed by atoms with Crippen LogP contribution in [0.4, 0.5) is 0 Å². The summed E-state index contributed by atoms with van der Waals surface area (Å²) < 4.78 is 9.04. The quantitative estimate of drug-likeness (QED) is 0.208. The summed E-state index contributed by atoms with van der Waals surface area (Å²) in [5, 5.41) is 3.39. The van der Waals surface area contributed by atoms with Gasteiger partial charge in [0, 0.05) is 11.3 Å². The number of hydrogen-bond donors (Lipinski definition) is 0. The molecule has 0 aromatic carbocycles. The first-order chi connectivity index (χ1) is 8.65. The van der Waals surface area contributed by atoms with Gasteiger partial charge in [0.2, 0.25) is 0 Å². The van der Waals surface area contributed by atoms with Crippen molar-refractivity contribution in [1.29, 1.82) is 0 Å². The molecule has 0 heterocycles. The van der Waals surface area contributed by atoms with Crippen LogP contribution in [-0.4, -0.2) is 32.2 Å². The van der Waals surface area contributed by atoms with Gasteiger partial charge in [-0.15, -0.1) is 0 Å². The van der Waals surface area contributed by atoms with Crippen LogP contribution in [0.15, 0.2) is 5.11 Å². The van der Waals surface area contributed by atoms with Gasteiger partial charge in [-0.25, -0.2) is 0 Å². The Morgan fingerprint density at radius 2 is 1.83 bits per heavy atom. The Balaban J connectivity index is 3.71. The highest BCUT2D eigenvalue weighted by atomic mass is 16.5. The summed E-state index contributed by atoms with van der Waals surface area (Å²) in [5.74, 6) is -0.723. The van der Waals surface area contributed by atoms with Gasteiger partial charge in [-0.05, 0) is 18.4 Å². The third-order valence-corrected chi connectivity index (χ3v) is 2.50. The van der Waals surface area contributed by atoms with Crippen LogP contribution in [0.3, 0.4) is 0 Å². The second-order valence-corrected chi connectivity index (χ2v) is 3.77. The van der Waals surface area contributed by atoms with E-state index in [1.165, 1.54) is 14.2 Å². The van der Waals surface area contributed by atoms with Crippen molar-refractivity contribution in [2.75, 3.05) is 14.2 Å². The highest BCUT2D eigenvalue weighted by molar-refractivity contribution is 5.75. The van der Waals surface area contributed by atoms with E-state index in [4.69, 9.17) is 5.53 Å². The minimum Gasteiger partial charge on any atom is -0.469 e. The first-order valence-corrected chi connectivity index (χ1v) is 5.84. The molecular formula is C11H19N3O4. The molecule has 0 aliphatic rings. The fourth-order valence-corrected chi connectivity index (χ4v) is 1.48. The molecule has 0 radical (unpaired) electrons. The lowest BCUT2D eigenvalue weighted by Crippen LogP contribution is -2.19. The fourth-order valence-electron chi connectivity index (χ4n) is 1.48. The lowest BCUT2D eigenvalue weighted by Gasteiger charge is -2.08. The smallest absolute Gasteiger partial charge is 0.314 e. The Kier molecular flexibility index (Phi) is 9.40. The summed E-state index contributed by atoms with van der Waals surface area (Å²) in [7, 11) is 2.63. The van der Waals surface area contributed by atoms with Crippen molar-refractivity contribution >= 4 is 11.9 Å². The van der Waals surface area contributed by atoms with Crippen molar-refractivity contribution in [2.45, 2.75) is 44.6 Å². The zero-order valence-corrected chi connectivity index (χ0v) is 10.8. The Morgan fingerprint density at radius 3 is 2.39 bits per heavy atom. The minimum absolute atomic E-state index is 0.212. The number of azide groups is 1. The molecule has 7 nitrogen and oxygen atoms in total. The number of carbonyl (C=O) groups excluding carboxylic acids is 2. The average Bonchev–Trinajstić information content (AvgIpc) is 2.39. The van der Waals surface area contributed by atoms with Crippen LogP contribution in [-0.2, 0) is 19.1 Å². The Bertz CT molecular complexity index is 313. The minimum atomic E-state index is -0.749. The SMILES string of the molecule is COC(=O)CCCCCCC(N=[N+]=[N-])C(=O)OC. The molecule has 0 fully saturated rings. The maximum absolute atomic E-state index is 11.2. The number of unbranched alkanes of at least 4 members (excludes halogenated alkanes) is 3. The largest absolute Gasteiger partial charge is 0.469 e. The highest BCUT2D eigenvalue weighted by Crippen LogP contribution is 2.11. The number of ether oxygens (including phenoxy) is 2. The van der Waals surface area contributed by atoms with Gasteiger partial charge in [0.1, 0.15) is 6.04 Å². The summed E-state index contributed by atoms with van der Waals surface area (Å²) >= 11 is 0. The molecule has 0 saturated heterocycles. The van der Waals surface area contributed by atoms with Gasteiger partial charge in [-0.1, -0.05) is 24.4 Å². The lowest BCUT2D eigenvalue weighted by atomic mass is 10.1. The predicted octanol–water partition coefficient (Wildman–Crippen LogP) is 2.35. The van der Waals surface area contributed by atoms with Crippen molar-refractivity contribution < 1.29 is 19.1 Å². The van der Waals surface area contributed by atoms with Crippen LogP contribution in [0.25, 0.3) is 10.4 Å². The zero-order valence-electron chi connectivity index (χ0n) is 10.8. The van der Waals surface area contributed by atoms with Crippen LogP contribution in [0, 0.1) is 0 Å². The summed E-state index contributed by atoms with van der Waals surface area (Å²) in [6.07, 6.45) is 4.13. The van der Waals surface area contributed by atoms with Gasteiger partial charge in [0.15, 0.2) is 0 Å². The molecule has 0 aliphatic heterocycles. The van der Waals surface area contributed by atoms with Gasteiger partial charge in [-0.3, -0.25) is 9.59 Å². The summed E-state index contributed by atoms with van der Waals surface area (Å²) in [5.41, 5.74) is 8.31. The Hall–Kier alpha value is -1.75. The van der Waals surface area contributed by atoms with Gasteiger partial charge in [0.25, 0.3) is 0 Å². The highest BCUT2D eigenvalue weighted by Gasteiger charge is 2.16. The van der Waals surface area contributed by atoms with Crippen LogP contribution < -0.4 is 0 Å². The molecule has 18 heavy (non-hydrogen) atoms. The molecule has 0 spiro atoms. The van der Waals surface area contributed by atoms with E-state index in [1.807, 2.05) is 0 Å². The molecule has 1 atom stereocenters. The number of nitrogens with zero attached hydrogens (tertiary/aromatic N) is 3. The van der Waals surface area contributed by atoms with Crippen LogP contribution in [0.2, 0.25) is 0 Å². The van der Waals surface area contributed by atoms with Gasteiger partial charge in [0.05, 0.1) is 14.2 Å². The Labute approximate surface area is 106 Å². The maximum atomic E-state index is 11.2. The van der Waals surface area contributed by atoms with Gasteiger partial charge in [-0.2, -0.15) is 0 Å². The standard InChI is InChI=1S/C11H19N3O4/c1-17-10(15)8-6-4-3-5-7-9(13-14-12)11(16)18-2/h9H,3-8H2,1-2H3. The third-order valence-electron chi connectivity index (χ3n) is 2.50. The van der Waals surface area contributed by atoms with E-state index < -0.39 is 12.0 Å². The number of hydrogen-bond acceptors (Lipinski definition) is 5. The molecule has 1 unspecified atom stereocenters. The molecule has 0 amide bonds. The molecule has 7 heteroatoms. The Morgan fingerprint density at radius 1 is 1.17 bits per heavy atom. The maximum Gasteiger partial charge on any atom is 0.314 e. The molecule has 0 saturated carbocycles. The van der Waals surface area contributed by atoms with Crippen LogP contribution in [0.1, 0.15) is 38.5 Å². The van der Waals surface area contributed by atoms with Crippen molar-refractivity contribution in [2.24, 2.45) is 5.11 Å². The predicted molar refractivity (Wildman–Crippen MR) is 64.7 cm³/mol. The molecule has 0 aromatic heterocycles. The van der Waals surface area contributed by atoms with E-state index in [2.05, 4.69) is 19.5 Å². The normalized spacial score (nSPS) is 11.2. The van der Waals surface area contributed by atoms with E-state index in [1.54, 1.807) is 0 Å². The van der Waals surface area contributed by atoms with E-state index in [9.17, 15) is 9.59 Å². The van der Waals surface area contributed by atoms with Crippen molar-refractivity contribution in [3.05, 3.63) is 10.4 Å². The molecule has 0 rings (SSSR count). The van der Waals surface area contributed by atoms with Crippen molar-refractivity contribution in [3.63, 3.8) is 0 Å². The second kappa shape index (κ2) is 10.4. The topological polar surface area (TPSA) is 101 Å².